The second-order valence-electron chi connectivity index (χ2n) is 4.71. The van der Waals surface area contributed by atoms with E-state index in [1.54, 1.807) is 0 Å². The van der Waals surface area contributed by atoms with Gasteiger partial charge in [0.2, 0.25) is 0 Å². The normalized spacial score (nSPS) is 18.9. The number of hydrogen-bond donors (Lipinski definition) is 1. The summed E-state index contributed by atoms with van der Waals surface area (Å²) in [5, 5.41) is 3.27. The van der Waals surface area contributed by atoms with Crippen LogP contribution in [0.1, 0.15) is 53.9 Å². The maximum absolute atomic E-state index is 3.27. The molecule has 0 bridgehead atoms. The van der Waals surface area contributed by atoms with E-state index in [1.807, 2.05) is 27.7 Å². The molecule has 0 spiro atoms. The van der Waals surface area contributed by atoms with Crippen LogP contribution in [-0.4, -0.2) is 62.7 Å². The lowest BCUT2D eigenvalue weighted by Crippen LogP contribution is -2.40. The predicted molar refractivity (Wildman–Crippen MR) is 89.0 cm³/mol. The molecule has 2 aliphatic rings. The molecule has 118 valence electrons. The Kier molecular flexibility index (Phi) is 17.8. The third-order valence-electron chi connectivity index (χ3n) is 3.54. The van der Waals surface area contributed by atoms with Crippen molar-refractivity contribution in [3.8, 4) is 0 Å². The van der Waals surface area contributed by atoms with Crippen LogP contribution in [0, 0.1) is 0 Å². The molecule has 0 aromatic heterocycles. The van der Waals surface area contributed by atoms with E-state index < -0.39 is 0 Å². The van der Waals surface area contributed by atoms with Gasteiger partial charge in [-0.25, -0.2) is 0 Å². The molecular formula is C16H39N3. The molecule has 2 fully saturated rings. The molecular weight excluding hydrogens is 234 g/mol. The summed E-state index contributed by atoms with van der Waals surface area (Å²) >= 11 is 0. The summed E-state index contributed by atoms with van der Waals surface area (Å²) in [7, 11) is 4.37. The fourth-order valence-corrected chi connectivity index (χ4v) is 1.86. The molecule has 1 saturated heterocycles. The van der Waals surface area contributed by atoms with E-state index >= 15 is 0 Å². The van der Waals surface area contributed by atoms with Crippen LogP contribution in [0.2, 0.25) is 0 Å². The van der Waals surface area contributed by atoms with Crippen molar-refractivity contribution in [2.75, 3.05) is 46.8 Å². The number of rotatable bonds is 2. The smallest absolute Gasteiger partial charge is 0.0104 e. The average molecular weight is 274 g/mol. The molecule has 1 N–H and O–H groups in total. The minimum atomic E-state index is 0.931. The van der Waals surface area contributed by atoms with Gasteiger partial charge < -0.3 is 15.1 Å². The monoisotopic (exact) mass is 273 g/mol. The average Bonchev–Trinajstić information content (AvgIpc) is 2.43. The highest BCUT2D eigenvalue weighted by Gasteiger charge is 2.19. The quantitative estimate of drug-likeness (QED) is 0.834. The minimum absolute atomic E-state index is 0.931. The number of likely N-dealkylation sites (N-methyl/N-ethyl adjacent to an activating group) is 1. The van der Waals surface area contributed by atoms with E-state index in [4.69, 9.17) is 0 Å². The maximum atomic E-state index is 3.27. The minimum Gasteiger partial charge on any atom is -0.314 e. The van der Waals surface area contributed by atoms with E-state index in [9.17, 15) is 0 Å². The molecule has 3 heteroatoms. The summed E-state index contributed by atoms with van der Waals surface area (Å²) < 4.78 is 0. The van der Waals surface area contributed by atoms with Crippen molar-refractivity contribution in [3.05, 3.63) is 0 Å². The molecule has 1 aliphatic heterocycles. The summed E-state index contributed by atoms with van der Waals surface area (Å²) in [6.07, 6.45) is 4.32. The van der Waals surface area contributed by atoms with Crippen molar-refractivity contribution in [3.63, 3.8) is 0 Å². The molecule has 0 atom stereocenters. The first-order chi connectivity index (χ1) is 9.24. The van der Waals surface area contributed by atoms with Crippen LogP contribution in [0.5, 0.6) is 0 Å². The molecule has 0 aromatic carbocycles. The number of piperazine rings is 1. The van der Waals surface area contributed by atoms with Crippen molar-refractivity contribution < 1.29 is 0 Å². The van der Waals surface area contributed by atoms with Gasteiger partial charge in [-0.1, -0.05) is 41.0 Å². The standard InChI is InChI=1S/C7H15N.C5H12N2.2C2H6/c1-3-8(2)7-5-4-6-7;1-7-4-2-6-3-5-7;2*1-2/h7H,3-6H2,1-2H3;6H,2-5H2,1H3;2*1-2H3. The van der Waals surface area contributed by atoms with Gasteiger partial charge in [0.05, 0.1) is 0 Å². The first-order valence-corrected chi connectivity index (χ1v) is 8.33. The SMILES string of the molecule is CC.CC.CCN(C)C1CCC1.CN1CCNCC1. The molecule has 1 saturated carbocycles. The molecule has 1 aliphatic carbocycles. The van der Waals surface area contributed by atoms with Gasteiger partial charge in [0.15, 0.2) is 0 Å². The Balaban J connectivity index is 0. The molecule has 3 nitrogen and oxygen atoms in total. The molecule has 0 amide bonds. The molecule has 0 unspecified atom stereocenters. The summed E-state index contributed by atoms with van der Waals surface area (Å²) in [6, 6.07) is 0.931. The Morgan fingerprint density at radius 1 is 1.05 bits per heavy atom. The van der Waals surface area contributed by atoms with Crippen molar-refractivity contribution in [2.45, 2.75) is 59.9 Å². The van der Waals surface area contributed by atoms with Gasteiger partial charge >= 0.3 is 0 Å². The van der Waals surface area contributed by atoms with Crippen molar-refractivity contribution in [2.24, 2.45) is 0 Å². The second-order valence-corrected chi connectivity index (χ2v) is 4.71. The van der Waals surface area contributed by atoms with E-state index in [0.29, 0.717) is 0 Å². The topological polar surface area (TPSA) is 18.5 Å². The van der Waals surface area contributed by atoms with Crippen LogP contribution in [0.3, 0.4) is 0 Å². The van der Waals surface area contributed by atoms with Gasteiger partial charge in [-0.3, -0.25) is 0 Å². The highest BCUT2D eigenvalue weighted by Crippen LogP contribution is 2.22. The highest BCUT2D eigenvalue weighted by molar-refractivity contribution is 4.76. The van der Waals surface area contributed by atoms with Gasteiger partial charge in [-0.2, -0.15) is 0 Å². The van der Waals surface area contributed by atoms with Gasteiger partial charge in [-0.15, -0.1) is 0 Å². The Hall–Kier alpha value is -0.120. The van der Waals surface area contributed by atoms with Crippen LogP contribution >= 0.6 is 0 Å². The molecule has 0 aromatic rings. The summed E-state index contributed by atoms with van der Waals surface area (Å²) in [6.45, 7) is 16.2. The second kappa shape index (κ2) is 15.9. The maximum Gasteiger partial charge on any atom is 0.0104 e. The molecule has 0 radical (unpaired) electrons. The van der Waals surface area contributed by atoms with Crippen molar-refractivity contribution in [1.82, 2.24) is 15.1 Å². The van der Waals surface area contributed by atoms with E-state index in [-0.39, 0.29) is 0 Å². The largest absolute Gasteiger partial charge is 0.314 e. The number of hydrogen-bond acceptors (Lipinski definition) is 3. The summed E-state index contributed by atoms with van der Waals surface area (Å²) in [5.41, 5.74) is 0. The Labute approximate surface area is 122 Å². The molecule has 2 rings (SSSR count). The lowest BCUT2D eigenvalue weighted by atomic mass is 9.92. The van der Waals surface area contributed by atoms with Gasteiger partial charge in [0.1, 0.15) is 0 Å². The Bertz CT molecular complexity index is 149. The fourth-order valence-electron chi connectivity index (χ4n) is 1.86. The van der Waals surface area contributed by atoms with E-state index in [0.717, 1.165) is 19.1 Å². The fraction of sp³-hybridized carbons (Fsp3) is 1.00. The third-order valence-corrected chi connectivity index (χ3v) is 3.54. The van der Waals surface area contributed by atoms with Crippen LogP contribution in [0.25, 0.3) is 0 Å². The van der Waals surface area contributed by atoms with Gasteiger partial charge in [0, 0.05) is 32.2 Å². The molecule has 1 heterocycles. The van der Waals surface area contributed by atoms with Crippen LogP contribution in [0.15, 0.2) is 0 Å². The van der Waals surface area contributed by atoms with Gasteiger partial charge in [-0.05, 0) is 33.5 Å². The summed E-state index contributed by atoms with van der Waals surface area (Å²) in [4.78, 5) is 4.76. The van der Waals surface area contributed by atoms with Crippen LogP contribution in [0.4, 0.5) is 0 Å². The lowest BCUT2D eigenvalue weighted by Gasteiger charge is -2.33. The zero-order valence-corrected chi connectivity index (χ0v) is 14.6. The van der Waals surface area contributed by atoms with E-state index in [2.05, 4.69) is 36.1 Å². The zero-order valence-electron chi connectivity index (χ0n) is 14.6. The third kappa shape index (κ3) is 11.4. The van der Waals surface area contributed by atoms with Crippen LogP contribution < -0.4 is 5.32 Å². The van der Waals surface area contributed by atoms with Crippen molar-refractivity contribution >= 4 is 0 Å². The van der Waals surface area contributed by atoms with E-state index in [1.165, 1.54) is 38.9 Å². The first kappa shape index (κ1) is 21.2. The highest BCUT2D eigenvalue weighted by atomic mass is 15.2. The Morgan fingerprint density at radius 3 is 1.68 bits per heavy atom. The molecule has 19 heavy (non-hydrogen) atoms. The first-order valence-electron chi connectivity index (χ1n) is 8.33. The van der Waals surface area contributed by atoms with Gasteiger partial charge in [0.25, 0.3) is 0 Å². The van der Waals surface area contributed by atoms with Crippen LogP contribution in [-0.2, 0) is 0 Å². The Morgan fingerprint density at radius 2 is 1.53 bits per heavy atom. The number of nitrogens with zero attached hydrogens (tertiary/aromatic N) is 2. The van der Waals surface area contributed by atoms with Crippen molar-refractivity contribution in [1.29, 1.82) is 0 Å². The summed E-state index contributed by atoms with van der Waals surface area (Å²) in [5.74, 6) is 0. The lowest BCUT2D eigenvalue weighted by molar-refractivity contribution is 0.167. The zero-order chi connectivity index (χ0) is 15.1. The predicted octanol–water partition coefficient (Wildman–Crippen LogP) is 3.06. The number of nitrogens with one attached hydrogen (secondary N) is 1.